The van der Waals surface area contributed by atoms with E-state index in [1.165, 1.54) is 5.56 Å². The molecule has 1 saturated heterocycles. The number of benzene rings is 1. The number of nitrogens with one attached hydrogen (secondary N) is 2. The molecule has 0 aromatic heterocycles. The highest BCUT2D eigenvalue weighted by atomic mass is 16.2. The highest BCUT2D eigenvalue weighted by Crippen LogP contribution is 2.20. The standard InChI is InChI=1S/C16H23N3O/c20-16(18-14-8-9-14)19-10-4-7-15(12-19)17-11-13-5-2-1-3-6-13/h1-3,5-6,14-15,17H,4,7-12H2,(H,18,20)/t15-/m1/s1. The van der Waals surface area contributed by atoms with Crippen molar-refractivity contribution in [3.63, 3.8) is 0 Å². The van der Waals surface area contributed by atoms with E-state index in [4.69, 9.17) is 0 Å². The summed E-state index contributed by atoms with van der Waals surface area (Å²) in [6, 6.07) is 11.4. The van der Waals surface area contributed by atoms with Crippen LogP contribution in [0.4, 0.5) is 4.79 Å². The molecule has 0 spiro atoms. The van der Waals surface area contributed by atoms with Crippen LogP contribution in [-0.4, -0.2) is 36.1 Å². The number of carbonyl (C=O) groups is 1. The van der Waals surface area contributed by atoms with Crippen molar-refractivity contribution in [3.8, 4) is 0 Å². The number of rotatable bonds is 4. The van der Waals surface area contributed by atoms with Gasteiger partial charge in [-0.3, -0.25) is 0 Å². The van der Waals surface area contributed by atoms with Gasteiger partial charge in [-0.2, -0.15) is 0 Å². The van der Waals surface area contributed by atoms with Gasteiger partial charge in [0.2, 0.25) is 0 Å². The smallest absolute Gasteiger partial charge is 0.317 e. The number of likely N-dealkylation sites (tertiary alicyclic amines) is 1. The van der Waals surface area contributed by atoms with Crippen LogP contribution in [0.3, 0.4) is 0 Å². The molecule has 2 amide bonds. The van der Waals surface area contributed by atoms with Crippen LogP contribution >= 0.6 is 0 Å². The SMILES string of the molecule is O=C(NC1CC1)N1CCC[C@@H](NCc2ccccc2)C1. The Morgan fingerprint density at radius 2 is 1.95 bits per heavy atom. The number of nitrogens with zero attached hydrogens (tertiary/aromatic N) is 1. The molecule has 1 saturated carbocycles. The molecular formula is C16H23N3O. The van der Waals surface area contributed by atoms with E-state index >= 15 is 0 Å². The summed E-state index contributed by atoms with van der Waals surface area (Å²) in [7, 11) is 0. The number of piperidine rings is 1. The second kappa shape index (κ2) is 6.27. The molecule has 3 rings (SSSR count). The van der Waals surface area contributed by atoms with Crippen molar-refractivity contribution in [1.82, 2.24) is 15.5 Å². The Kier molecular flexibility index (Phi) is 4.21. The summed E-state index contributed by atoms with van der Waals surface area (Å²) in [5.41, 5.74) is 1.30. The Balaban J connectivity index is 1.46. The average Bonchev–Trinajstić information content (AvgIpc) is 3.30. The van der Waals surface area contributed by atoms with Crippen molar-refractivity contribution < 1.29 is 4.79 Å². The lowest BCUT2D eigenvalue weighted by molar-refractivity contribution is 0.172. The topological polar surface area (TPSA) is 44.4 Å². The van der Waals surface area contributed by atoms with Gasteiger partial charge in [0, 0.05) is 31.7 Å². The molecule has 0 unspecified atom stereocenters. The predicted octanol–water partition coefficient (Wildman–Crippen LogP) is 2.11. The Hall–Kier alpha value is -1.55. The minimum absolute atomic E-state index is 0.124. The Morgan fingerprint density at radius 1 is 1.15 bits per heavy atom. The molecule has 2 fully saturated rings. The number of hydrogen-bond donors (Lipinski definition) is 2. The lowest BCUT2D eigenvalue weighted by Gasteiger charge is -2.33. The Bertz CT molecular complexity index is 444. The van der Waals surface area contributed by atoms with Gasteiger partial charge in [-0.25, -0.2) is 4.79 Å². The van der Waals surface area contributed by atoms with E-state index in [1.54, 1.807) is 0 Å². The number of carbonyl (C=O) groups excluding carboxylic acids is 1. The van der Waals surface area contributed by atoms with E-state index in [0.717, 1.165) is 45.3 Å². The van der Waals surface area contributed by atoms with Crippen molar-refractivity contribution in [2.45, 2.75) is 44.3 Å². The summed E-state index contributed by atoms with van der Waals surface area (Å²) < 4.78 is 0. The largest absolute Gasteiger partial charge is 0.335 e. The fraction of sp³-hybridized carbons (Fsp3) is 0.562. The zero-order valence-electron chi connectivity index (χ0n) is 11.8. The van der Waals surface area contributed by atoms with Crippen LogP contribution < -0.4 is 10.6 Å². The number of hydrogen-bond acceptors (Lipinski definition) is 2. The van der Waals surface area contributed by atoms with E-state index in [-0.39, 0.29) is 6.03 Å². The molecule has 1 heterocycles. The summed E-state index contributed by atoms with van der Waals surface area (Å²) in [6.07, 6.45) is 4.54. The molecule has 2 aliphatic rings. The van der Waals surface area contributed by atoms with Crippen molar-refractivity contribution in [2.75, 3.05) is 13.1 Å². The van der Waals surface area contributed by atoms with Gasteiger partial charge in [0.05, 0.1) is 0 Å². The molecular weight excluding hydrogens is 250 g/mol. The van der Waals surface area contributed by atoms with Crippen LogP contribution in [0.15, 0.2) is 30.3 Å². The first-order valence-corrected chi connectivity index (χ1v) is 7.64. The van der Waals surface area contributed by atoms with E-state index < -0.39 is 0 Å². The highest BCUT2D eigenvalue weighted by Gasteiger charge is 2.28. The van der Waals surface area contributed by atoms with Crippen molar-refractivity contribution in [3.05, 3.63) is 35.9 Å². The maximum atomic E-state index is 12.1. The summed E-state index contributed by atoms with van der Waals surface area (Å²) in [4.78, 5) is 14.0. The van der Waals surface area contributed by atoms with Crippen LogP contribution in [0.25, 0.3) is 0 Å². The van der Waals surface area contributed by atoms with E-state index in [1.807, 2.05) is 11.0 Å². The van der Waals surface area contributed by atoms with Gasteiger partial charge >= 0.3 is 6.03 Å². The summed E-state index contributed by atoms with van der Waals surface area (Å²) in [5, 5.41) is 6.65. The maximum absolute atomic E-state index is 12.1. The maximum Gasteiger partial charge on any atom is 0.317 e. The highest BCUT2D eigenvalue weighted by molar-refractivity contribution is 5.75. The number of urea groups is 1. The number of amides is 2. The van der Waals surface area contributed by atoms with Crippen molar-refractivity contribution in [2.24, 2.45) is 0 Å². The fourth-order valence-corrected chi connectivity index (χ4v) is 2.68. The first-order valence-electron chi connectivity index (χ1n) is 7.64. The van der Waals surface area contributed by atoms with Crippen LogP contribution in [0.2, 0.25) is 0 Å². The molecule has 1 aromatic carbocycles. The zero-order chi connectivity index (χ0) is 13.8. The molecule has 1 aliphatic heterocycles. The normalized spacial score (nSPS) is 22.6. The summed E-state index contributed by atoms with van der Waals surface area (Å²) in [6.45, 7) is 2.59. The van der Waals surface area contributed by atoms with Gasteiger partial charge < -0.3 is 15.5 Å². The third-order valence-corrected chi connectivity index (χ3v) is 4.05. The average molecular weight is 273 g/mol. The van der Waals surface area contributed by atoms with Gasteiger partial charge in [-0.05, 0) is 31.2 Å². The monoisotopic (exact) mass is 273 g/mol. The van der Waals surface area contributed by atoms with Crippen LogP contribution in [0.5, 0.6) is 0 Å². The van der Waals surface area contributed by atoms with Crippen LogP contribution in [0, 0.1) is 0 Å². The third kappa shape index (κ3) is 3.73. The van der Waals surface area contributed by atoms with Crippen LogP contribution in [0.1, 0.15) is 31.2 Å². The van der Waals surface area contributed by atoms with Gasteiger partial charge in [0.25, 0.3) is 0 Å². The molecule has 2 N–H and O–H groups in total. The van der Waals surface area contributed by atoms with E-state index in [0.29, 0.717) is 12.1 Å². The molecule has 108 valence electrons. The van der Waals surface area contributed by atoms with E-state index in [9.17, 15) is 4.79 Å². The lowest BCUT2D eigenvalue weighted by Crippen LogP contribution is -2.51. The first kappa shape index (κ1) is 13.4. The Labute approximate surface area is 120 Å². The molecule has 1 aliphatic carbocycles. The first-order chi connectivity index (χ1) is 9.81. The molecule has 0 bridgehead atoms. The molecule has 1 atom stereocenters. The summed E-state index contributed by atoms with van der Waals surface area (Å²) in [5.74, 6) is 0. The van der Waals surface area contributed by atoms with E-state index in [2.05, 4.69) is 34.9 Å². The van der Waals surface area contributed by atoms with Gasteiger partial charge in [-0.1, -0.05) is 30.3 Å². The second-order valence-corrected chi connectivity index (χ2v) is 5.88. The molecule has 20 heavy (non-hydrogen) atoms. The fourth-order valence-electron chi connectivity index (χ4n) is 2.68. The second-order valence-electron chi connectivity index (χ2n) is 5.88. The van der Waals surface area contributed by atoms with Gasteiger partial charge in [0.1, 0.15) is 0 Å². The minimum atomic E-state index is 0.124. The lowest BCUT2D eigenvalue weighted by atomic mass is 10.1. The minimum Gasteiger partial charge on any atom is -0.335 e. The van der Waals surface area contributed by atoms with Gasteiger partial charge in [0.15, 0.2) is 0 Å². The Morgan fingerprint density at radius 3 is 2.70 bits per heavy atom. The molecule has 0 radical (unpaired) electrons. The van der Waals surface area contributed by atoms with Gasteiger partial charge in [-0.15, -0.1) is 0 Å². The molecule has 4 heteroatoms. The third-order valence-electron chi connectivity index (χ3n) is 4.05. The van der Waals surface area contributed by atoms with Crippen molar-refractivity contribution >= 4 is 6.03 Å². The quantitative estimate of drug-likeness (QED) is 0.882. The van der Waals surface area contributed by atoms with Crippen LogP contribution in [-0.2, 0) is 6.54 Å². The molecule has 1 aromatic rings. The van der Waals surface area contributed by atoms with Crippen molar-refractivity contribution in [1.29, 1.82) is 0 Å². The molecule has 4 nitrogen and oxygen atoms in total. The summed E-state index contributed by atoms with van der Waals surface area (Å²) >= 11 is 0. The predicted molar refractivity (Wildman–Crippen MR) is 79.4 cm³/mol. The zero-order valence-corrected chi connectivity index (χ0v) is 11.8.